The topological polar surface area (TPSA) is 92.9 Å². The first-order chi connectivity index (χ1) is 10.6. The number of hydrogen-bond acceptors (Lipinski definition) is 6. The molecule has 2 amide bonds. The summed E-state index contributed by atoms with van der Waals surface area (Å²) in [6.45, 7) is 6.33. The van der Waals surface area contributed by atoms with Gasteiger partial charge in [-0.25, -0.2) is 9.78 Å². The van der Waals surface area contributed by atoms with Crippen molar-refractivity contribution in [3.8, 4) is 0 Å². The smallest absolute Gasteiger partial charge is 0.315 e. The van der Waals surface area contributed by atoms with Gasteiger partial charge in [-0.05, 0) is 26.7 Å². The third kappa shape index (κ3) is 4.80. The quantitative estimate of drug-likeness (QED) is 0.763. The van der Waals surface area contributed by atoms with Gasteiger partial charge in [0.1, 0.15) is 0 Å². The van der Waals surface area contributed by atoms with Crippen LogP contribution < -0.4 is 10.6 Å². The minimum Gasteiger partial charge on any atom is -0.339 e. The first kappa shape index (κ1) is 16.4. The highest BCUT2D eigenvalue weighted by atomic mass is 32.1. The summed E-state index contributed by atoms with van der Waals surface area (Å²) >= 11 is 1.62. The second-order valence-electron chi connectivity index (χ2n) is 4.98. The van der Waals surface area contributed by atoms with Crippen molar-refractivity contribution in [3.05, 3.63) is 27.8 Å². The van der Waals surface area contributed by atoms with E-state index in [1.165, 1.54) is 0 Å². The fourth-order valence-electron chi connectivity index (χ4n) is 1.89. The van der Waals surface area contributed by atoms with Crippen LogP contribution in [0, 0.1) is 6.92 Å². The van der Waals surface area contributed by atoms with E-state index in [0.717, 1.165) is 23.5 Å². The molecule has 120 valence electrons. The Hall–Kier alpha value is -1.96. The van der Waals surface area contributed by atoms with E-state index in [1.54, 1.807) is 18.3 Å². The number of urea groups is 1. The number of carbonyl (C=O) groups is 1. The number of aromatic nitrogens is 3. The summed E-state index contributed by atoms with van der Waals surface area (Å²) in [5, 5.41) is 12.5. The summed E-state index contributed by atoms with van der Waals surface area (Å²) in [5.41, 5.74) is 0.901. The highest BCUT2D eigenvalue weighted by molar-refractivity contribution is 7.09. The van der Waals surface area contributed by atoms with Crippen LogP contribution in [0.1, 0.15) is 48.7 Å². The largest absolute Gasteiger partial charge is 0.339 e. The zero-order valence-corrected chi connectivity index (χ0v) is 13.9. The molecule has 0 radical (unpaired) electrons. The zero-order valence-electron chi connectivity index (χ0n) is 13.0. The highest BCUT2D eigenvalue weighted by Crippen LogP contribution is 2.16. The zero-order chi connectivity index (χ0) is 15.9. The normalized spacial score (nSPS) is 12.1. The molecule has 8 heteroatoms. The number of nitrogens with one attached hydrogen (secondary N) is 2. The number of amides is 2. The van der Waals surface area contributed by atoms with Crippen molar-refractivity contribution < 1.29 is 9.32 Å². The molecular formula is C14H21N5O2S. The van der Waals surface area contributed by atoms with Crippen LogP contribution in [0.15, 0.2) is 9.90 Å². The van der Waals surface area contributed by atoms with Crippen LogP contribution in [0.3, 0.4) is 0 Å². The Morgan fingerprint density at radius 3 is 2.91 bits per heavy atom. The third-order valence-corrected chi connectivity index (χ3v) is 4.10. The van der Waals surface area contributed by atoms with Gasteiger partial charge in [-0.3, -0.25) is 0 Å². The Kier molecular flexibility index (Phi) is 5.88. The lowest BCUT2D eigenvalue weighted by Gasteiger charge is -2.12. The molecule has 2 aromatic heterocycles. The Bertz CT molecular complexity index is 610. The van der Waals surface area contributed by atoms with Crippen molar-refractivity contribution in [2.75, 3.05) is 6.54 Å². The van der Waals surface area contributed by atoms with Gasteiger partial charge < -0.3 is 15.2 Å². The summed E-state index contributed by atoms with van der Waals surface area (Å²) in [7, 11) is 0. The molecule has 0 aliphatic carbocycles. The van der Waals surface area contributed by atoms with E-state index in [9.17, 15) is 4.79 Å². The lowest BCUT2D eigenvalue weighted by Crippen LogP contribution is -2.37. The second-order valence-corrected chi connectivity index (χ2v) is 5.92. The number of rotatable bonds is 7. The second kappa shape index (κ2) is 7.88. The van der Waals surface area contributed by atoms with Gasteiger partial charge in [0.05, 0.1) is 16.7 Å². The molecule has 0 aliphatic rings. The van der Waals surface area contributed by atoms with Gasteiger partial charge in [0, 0.05) is 18.3 Å². The number of nitrogens with zero attached hydrogens (tertiary/aromatic N) is 3. The number of hydrogen-bond donors (Lipinski definition) is 2. The van der Waals surface area contributed by atoms with Gasteiger partial charge in [-0.2, -0.15) is 4.98 Å². The van der Waals surface area contributed by atoms with Gasteiger partial charge >= 0.3 is 6.03 Å². The molecule has 22 heavy (non-hydrogen) atoms. The highest BCUT2D eigenvalue weighted by Gasteiger charge is 2.12. The molecule has 0 saturated heterocycles. The Balaban J connectivity index is 1.66. The Labute approximate surface area is 133 Å². The van der Waals surface area contributed by atoms with Crippen LogP contribution in [0.5, 0.6) is 0 Å². The SMILES string of the molecule is CCc1nc(C(C)NC(=O)NCCCc2nc(C)no2)cs1. The molecule has 7 nitrogen and oxygen atoms in total. The molecule has 2 heterocycles. The van der Waals surface area contributed by atoms with E-state index < -0.39 is 0 Å². The number of aryl methyl sites for hydroxylation is 3. The van der Waals surface area contributed by atoms with Crippen molar-refractivity contribution in [1.82, 2.24) is 25.8 Å². The molecule has 0 aliphatic heterocycles. The third-order valence-electron chi connectivity index (χ3n) is 3.09. The van der Waals surface area contributed by atoms with Crippen molar-refractivity contribution in [2.24, 2.45) is 0 Å². The molecule has 0 spiro atoms. The molecule has 2 aromatic rings. The fourth-order valence-corrected chi connectivity index (χ4v) is 2.73. The van der Waals surface area contributed by atoms with E-state index in [0.29, 0.717) is 24.7 Å². The van der Waals surface area contributed by atoms with Crippen LogP contribution in [0.2, 0.25) is 0 Å². The summed E-state index contributed by atoms with van der Waals surface area (Å²) in [5.74, 6) is 1.23. The lowest BCUT2D eigenvalue weighted by molar-refractivity contribution is 0.237. The lowest BCUT2D eigenvalue weighted by atomic mass is 10.2. The van der Waals surface area contributed by atoms with E-state index in [-0.39, 0.29) is 12.1 Å². The van der Waals surface area contributed by atoms with Crippen LogP contribution in [-0.2, 0) is 12.8 Å². The molecule has 0 aromatic carbocycles. The molecule has 0 bridgehead atoms. The minimum absolute atomic E-state index is 0.102. The van der Waals surface area contributed by atoms with Crippen molar-refractivity contribution in [3.63, 3.8) is 0 Å². The van der Waals surface area contributed by atoms with Crippen LogP contribution >= 0.6 is 11.3 Å². The maximum absolute atomic E-state index is 11.8. The van der Waals surface area contributed by atoms with Gasteiger partial charge in [0.15, 0.2) is 5.82 Å². The molecule has 0 fully saturated rings. The fraction of sp³-hybridized carbons (Fsp3) is 0.571. The number of thiazole rings is 1. The summed E-state index contributed by atoms with van der Waals surface area (Å²) in [6, 6.07) is -0.296. The van der Waals surface area contributed by atoms with Gasteiger partial charge in [0.25, 0.3) is 0 Å². The maximum Gasteiger partial charge on any atom is 0.315 e. The molecule has 1 unspecified atom stereocenters. The maximum atomic E-state index is 11.8. The monoisotopic (exact) mass is 323 g/mol. The summed E-state index contributed by atoms with van der Waals surface area (Å²) < 4.78 is 5.01. The number of carbonyl (C=O) groups excluding carboxylic acids is 1. The minimum atomic E-state index is -0.194. The first-order valence-electron chi connectivity index (χ1n) is 7.36. The summed E-state index contributed by atoms with van der Waals surface area (Å²) in [6.07, 6.45) is 2.32. The van der Waals surface area contributed by atoms with Crippen LogP contribution in [-0.4, -0.2) is 27.7 Å². The van der Waals surface area contributed by atoms with E-state index >= 15 is 0 Å². The molecule has 1 atom stereocenters. The average molecular weight is 323 g/mol. The molecule has 2 N–H and O–H groups in total. The Morgan fingerprint density at radius 2 is 2.27 bits per heavy atom. The van der Waals surface area contributed by atoms with Crippen molar-refractivity contribution >= 4 is 17.4 Å². The predicted molar refractivity (Wildman–Crippen MR) is 83.8 cm³/mol. The van der Waals surface area contributed by atoms with Gasteiger partial charge in [-0.15, -0.1) is 11.3 Å². The standard InChI is InChI=1S/C14H21N5O2S/c1-4-13-18-11(8-22-13)9(2)16-14(20)15-7-5-6-12-17-10(3)19-21-12/h8-9H,4-7H2,1-3H3,(H2,15,16,20). The van der Waals surface area contributed by atoms with Crippen LogP contribution in [0.4, 0.5) is 4.79 Å². The average Bonchev–Trinajstić information content (AvgIpc) is 3.12. The van der Waals surface area contributed by atoms with E-state index in [2.05, 4.69) is 32.7 Å². The molecular weight excluding hydrogens is 302 g/mol. The van der Waals surface area contributed by atoms with Gasteiger partial charge in [0.2, 0.25) is 5.89 Å². The van der Waals surface area contributed by atoms with E-state index in [1.807, 2.05) is 12.3 Å². The van der Waals surface area contributed by atoms with Crippen molar-refractivity contribution in [2.45, 2.75) is 46.1 Å². The predicted octanol–water partition coefficient (Wildman–Crippen LogP) is 2.39. The molecule has 0 saturated carbocycles. The first-order valence-corrected chi connectivity index (χ1v) is 8.24. The van der Waals surface area contributed by atoms with Crippen molar-refractivity contribution in [1.29, 1.82) is 0 Å². The van der Waals surface area contributed by atoms with E-state index in [4.69, 9.17) is 4.52 Å². The van der Waals surface area contributed by atoms with Crippen LogP contribution in [0.25, 0.3) is 0 Å². The van der Waals surface area contributed by atoms with Gasteiger partial charge in [-0.1, -0.05) is 12.1 Å². The summed E-state index contributed by atoms with van der Waals surface area (Å²) in [4.78, 5) is 20.4. The Morgan fingerprint density at radius 1 is 1.45 bits per heavy atom. The molecule has 2 rings (SSSR count).